The molecule has 0 atom stereocenters. The quantitative estimate of drug-likeness (QED) is 0.282. The number of carbonyl (C=O) groups is 1. The van der Waals surface area contributed by atoms with Crippen molar-refractivity contribution in [2.45, 2.75) is 12.8 Å². The van der Waals surface area contributed by atoms with Gasteiger partial charge in [-0.2, -0.15) is 4.98 Å². The Morgan fingerprint density at radius 1 is 0.972 bits per heavy atom. The third-order valence-corrected chi connectivity index (χ3v) is 5.90. The third-order valence-electron chi connectivity index (χ3n) is 5.64. The van der Waals surface area contributed by atoms with E-state index in [0.29, 0.717) is 54.2 Å². The van der Waals surface area contributed by atoms with Crippen molar-refractivity contribution in [1.29, 1.82) is 0 Å². The zero-order chi connectivity index (χ0) is 25.5. The van der Waals surface area contributed by atoms with Crippen molar-refractivity contribution in [1.82, 2.24) is 15.0 Å². The number of methoxy groups -OCH3 is 2. The van der Waals surface area contributed by atoms with E-state index in [1.165, 1.54) is 18.2 Å². The van der Waals surface area contributed by atoms with E-state index in [9.17, 15) is 9.18 Å². The topological polar surface area (TPSA) is 77.7 Å². The van der Waals surface area contributed by atoms with Gasteiger partial charge in [-0.15, -0.1) is 0 Å². The number of benzene rings is 3. The molecular formula is C27H25ClFN3O4. The van der Waals surface area contributed by atoms with Crippen LogP contribution in [0.5, 0.6) is 11.5 Å². The summed E-state index contributed by atoms with van der Waals surface area (Å²) in [6, 6.07) is 18.4. The lowest BCUT2D eigenvalue weighted by atomic mass is 10.1. The van der Waals surface area contributed by atoms with Gasteiger partial charge in [0.1, 0.15) is 5.82 Å². The number of ether oxygens (including phenoxy) is 2. The predicted octanol–water partition coefficient (Wildman–Crippen LogP) is 5.47. The average Bonchev–Trinajstić information content (AvgIpc) is 3.37. The van der Waals surface area contributed by atoms with Gasteiger partial charge in [-0.1, -0.05) is 28.9 Å². The van der Waals surface area contributed by atoms with Crippen LogP contribution in [0.4, 0.5) is 4.39 Å². The molecular weight excluding hydrogens is 485 g/mol. The fourth-order valence-electron chi connectivity index (χ4n) is 3.72. The molecule has 1 aromatic heterocycles. The summed E-state index contributed by atoms with van der Waals surface area (Å²) >= 11 is 5.95. The van der Waals surface area contributed by atoms with Crippen LogP contribution in [0.1, 0.15) is 21.8 Å². The molecule has 3 aromatic carbocycles. The van der Waals surface area contributed by atoms with E-state index in [-0.39, 0.29) is 11.5 Å². The van der Waals surface area contributed by atoms with Crippen molar-refractivity contribution in [2.75, 3.05) is 27.3 Å². The zero-order valence-electron chi connectivity index (χ0n) is 19.9. The summed E-state index contributed by atoms with van der Waals surface area (Å²) in [5.41, 5.74) is 2.01. The standard InChI is InChI=1S/C27H25ClFN3O4/c1-34-23-11-6-18(16-24(23)35-2)12-14-32(27(33)20-4-3-5-22(29)17-20)15-13-25-30-26(31-36-25)19-7-9-21(28)10-8-19/h3-11,16-17H,12-15H2,1-2H3. The fraction of sp³-hybridized carbons (Fsp3) is 0.222. The molecule has 7 nitrogen and oxygen atoms in total. The van der Waals surface area contributed by atoms with Crippen molar-refractivity contribution in [2.24, 2.45) is 0 Å². The number of nitrogens with zero attached hydrogens (tertiary/aromatic N) is 3. The highest BCUT2D eigenvalue weighted by atomic mass is 35.5. The Balaban J connectivity index is 1.49. The summed E-state index contributed by atoms with van der Waals surface area (Å²) in [6.07, 6.45) is 0.898. The molecule has 4 rings (SSSR count). The molecule has 0 fully saturated rings. The highest BCUT2D eigenvalue weighted by Crippen LogP contribution is 2.28. The Morgan fingerprint density at radius 3 is 2.44 bits per heavy atom. The smallest absolute Gasteiger partial charge is 0.253 e. The monoisotopic (exact) mass is 509 g/mol. The van der Waals surface area contributed by atoms with Gasteiger partial charge in [0, 0.05) is 35.7 Å². The summed E-state index contributed by atoms with van der Waals surface area (Å²) < 4.78 is 29.9. The third kappa shape index (κ3) is 6.20. The van der Waals surface area contributed by atoms with Crippen LogP contribution in [-0.4, -0.2) is 48.3 Å². The second-order valence-corrected chi connectivity index (χ2v) is 8.45. The number of hydrogen-bond acceptors (Lipinski definition) is 6. The SMILES string of the molecule is COc1ccc(CCN(CCc2nc(-c3ccc(Cl)cc3)no2)C(=O)c2cccc(F)c2)cc1OC. The van der Waals surface area contributed by atoms with E-state index in [1.54, 1.807) is 49.5 Å². The van der Waals surface area contributed by atoms with Crippen LogP contribution in [0.15, 0.2) is 71.3 Å². The molecule has 0 aliphatic rings. The molecule has 0 saturated carbocycles. The molecule has 0 spiro atoms. The molecule has 0 bridgehead atoms. The normalized spacial score (nSPS) is 10.8. The lowest BCUT2D eigenvalue weighted by molar-refractivity contribution is 0.0755. The number of carbonyl (C=O) groups excluding carboxylic acids is 1. The molecule has 0 unspecified atom stereocenters. The van der Waals surface area contributed by atoms with E-state index in [4.69, 9.17) is 25.6 Å². The maximum Gasteiger partial charge on any atom is 0.253 e. The zero-order valence-corrected chi connectivity index (χ0v) is 20.7. The van der Waals surface area contributed by atoms with Crippen molar-refractivity contribution in [3.05, 3.63) is 94.6 Å². The van der Waals surface area contributed by atoms with Gasteiger partial charge < -0.3 is 18.9 Å². The first-order chi connectivity index (χ1) is 17.5. The van der Waals surface area contributed by atoms with Gasteiger partial charge >= 0.3 is 0 Å². The van der Waals surface area contributed by atoms with E-state index in [1.807, 2.05) is 18.2 Å². The van der Waals surface area contributed by atoms with Crippen molar-refractivity contribution >= 4 is 17.5 Å². The highest BCUT2D eigenvalue weighted by Gasteiger charge is 2.19. The van der Waals surface area contributed by atoms with Gasteiger partial charge in [0.15, 0.2) is 11.5 Å². The summed E-state index contributed by atoms with van der Waals surface area (Å²) in [5.74, 6) is 1.32. The molecule has 36 heavy (non-hydrogen) atoms. The number of hydrogen-bond donors (Lipinski definition) is 0. The molecule has 186 valence electrons. The minimum atomic E-state index is -0.467. The van der Waals surface area contributed by atoms with Crippen LogP contribution in [0.3, 0.4) is 0 Å². The number of amides is 1. The van der Waals surface area contributed by atoms with Crippen LogP contribution < -0.4 is 9.47 Å². The molecule has 0 aliphatic carbocycles. The van der Waals surface area contributed by atoms with Crippen molar-refractivity contribution in [3.63, 3.8) is 0 Å². The summed E-state index contributed by atoms with van der Waals surface area (Å²) in [5, 5.41) is 4.64. The second kappa shape index (κ2) is 11.7. The Bertz CT molecular complexity index is 1330. The lowest BCUT2D eigenvalue weighted by Crippen LogP contribution is -2.35. The Kier molecular flexibility index (Phi) is 8.17. The van der Waals surface area contributed by atoms with E-state index in [0.717, 1.165) is 11.1 Å². The van der Waals surface area contributed by atoms with Gasteiger partial charge in [0.25, 0.3) is 5.91 Å². The number of rotatable bonds is 10. The van der Waals surface area contributed by atoms with Crippen LogP contribution >= 0.6 is 11.6 Å². The number of aromatic nitrogens is 2. The van der Waals surface area contributed by atoms with Gasteiger partial charge in [0.2, 0.25) is 11.7 Å². The van der Waals surface area contributed by atoms with Crippen molar-refractivity contribution in [3.8, 4) is 22.9 Å². The van der Waals surface area contributed by atoms with Gasteiger partial charge in [0.05, 0.1) is 14.2 Å². The maximum atomic E-state index is 13.8. The van der Waals surface area contributed by atoms with Crippen LogP contribution in [0.2, 0.25) is 5.02 Å². The molecule has 0 aliphatic heterocycles. The summed E-state index contributed by atoms with van der Waals surface area (Å²) in [6.45, 7) is 0.702. The second-order valence-electron chi connectivity index (χ2n) is 8.01. The molecule has 0 saturated heterocycles. The van der Waals surface area contributed by atoms with E-state index < -0.39 is 5.82 Å². The molecule has 0 N–H and O–H groups in total. The summed E-state index contributed by atoms with van der Waals surface area (Å²) in [7, 11) is 3.15. The first-order valence-electron chi connectivity index (χ1n) is 11.3. The predicted molar refractivity (Wildman–Crippen MR) is 134 cm³/mol. The van der Waals surface area contributed by atoms with Gasteiger partial charge in [-0.25, -0.2) is 4.39 Å². The first kappa shape index (κ1) is 25.2. The largest absolute Gasteiger partial charge is 0.493 e. The molecule has 0 radical (unpaired) electrons. The maximum absolute atomic E-state index is 13.8. The van der Waals surface area contributed by atoms with E-state index in [2.05, 4.69) is 10.1 Å². The Labute approximate surface area is 213 Å². The fourth-order valence-corrected chi connectivity index (χ4v) is 3.85. The minimum Gasteiger partial charge on any atom is -0.493 e. The Morgan fingerprint density at radius 2 is 1.72 bits per heavy atom. The molecule has 1 heterocycles. The van der Waals surface area contributed by atoms with Crippen LogP contribution in [0, 0.1) is 5.82 Å². The average molecular weight is 510 g/mol. The van der Waals surface area contributed by atoms with Gasteiger partial charge in [-0.3, -0.25) is 4.79 Å². The molecule has 1 amide bonds. The first-order valence-corrected chi connectivity index (χ1v) is 11.7. The van der Waals surface area contributed by atoms with Crippen molar-refractivity contribution < 1.29 is 23.2 Å². The Hall–Kier alpha value is -3.91. The minimum absolute atomic E-state index is 0.273. The van der Waals surface area contributed by atoms with E-state index >= 15 is 0 Å². The molecule has 9 heteroatoms. The lowest BCUT2D eigenvalue weighted by Gasteiger charge is -2.22. The summed E-state index contributed by atoms with van der Waals surface area (Å²) in [4.78, 5) is 19.3. The highest BCUT2D eigenvalue weighted by molar-refractivity contribution is 6.30. The number of halogens is 2. The van der Waals surface area contributed by atoms with Crippen LogP contribution in [-0.2, 0) is 12.8 Å². The molecule has 4 aromatic rings. The van der Waals surface area contributed by atoms with Gasteiger partial charge in [-0.05, 0) is 66.6 Å². The van der Waals surface area contributed by atoms with Crippen LogP contribution in [0.25, 0.3) is 11.4 Å².